The number of hydrogen-bond donors (Lipinski definition) is 0. The molecule has 4 heteroatoms. The van der Waals surface area contributed by atoms with Gasteiger partial charge < -0.3 is 9.47 Å². The van der Waals surface area contributed by atoms with Crippen LogP contribution in [0.15, 0.2) is 36.7 Å². The first-order valence-corrected chi connectivity index (χ1v) is 11.8. The molecule has 0 bridgehead atoms. The van der Waals surface area contributed by atoms with Crippen molar-refractivity contribution in [3.05, 3.63) is 42.2 Å². The van der Waals surface area contributed by atoms with Crippen molar-refractivity contribution in [3.63, 3.8) is 0 Å². The smallest absolute Gasteiger partial charge is 0.159 e. The third-order valence-corrected chi connectivity index (χ3v) is 5.55. The van der Waals surface area contributed by atoms with Crippen LogP contribution in [0.5, 0.6) is 5.75 Å². The maximum Gasteiger partial charge on any atom is 0.159 e. The third kappa shape index (κ3) is 9.71. The molecule has 0 spiro atoms. The summed E-state index contributed by atoms with van der Waals surface area (Å²) in [6, 6.07) is 8.08. The lowest BCUT2D eigenvalue weighted by Gasteiger charge is -2.09. The highest BCUT2D eigenvalue weighted by atomic mass is 16.5. The van der Waals surface area contributed by atoms with Gasteiger partial charge in [0.05, 0.1) is 13.2 Å². The quantitative estimate of drug-likeness (QED) is 0.282. The maximum absolute atomic E-state index is 5.86. The largest absolute Gasteiger partial charge is 0.494 e. The molecule has 0 saturated carbocycles. The highest BCUT2D eigenvalue weighted by Crippen LogP contribution is 2.20. The Hall–Kier alpha value is -1.94. The Balaban J connectivity index is 1.68. The van der Waals surface area contributed by atoms with Crippen molar-refractivity contribution < 1.29 is 9.47 Å². The van der Waals surface area contributed by atoms with E-state index in [9.17, 15) is 0 Å². The summed E-state index contributed by atoms with van der Waals surface area (Å²) >= 11 is 0. The number of ether oxygens (including phenoxy) is 2. The topological polar surface area (TPSA) is 44.2 Å². The van der Waals surface area contributed by atoms with E-state index in [0.717, 1.165) is 67.7 Å². The number of rotatable bonds is 16. The minimum absolute atomic E-state index is 0.734. The fraction of sp³-hybridized carbons (Fsp3) is 0.615. The van der Waals surface area contributed by atoms with Crippen LogP contribution in [-0.4, -0.2) is 29.8 Å². The lowest BCUT2D eigenvalue weighted by molar-refractivity contribution is 0.133. The van der Waals surface area contributed by atoms with Crippen molar-refractivity contribution >= 4 is 0 Å². The zero-order valence-electron chi connectivity index (χ0n) is 19.2. The SMILES string of the molecule is CCCCCCOCCc1cnc(-c2ccc(OCCCCC(C)CC)cc2)nc1. The molecule has 2 rings (SSSR count). The molecule has 1 unspecified atom stereocenters. The standard InChI is InChI=1S/C26H40N2O2/c1-4-6-7-9-17-29-19-16-23-20-27-26(28-21-23)24-12-14-25(15-13-24)30-18-10-8-11-22(3)5-2/h12-15,20-22H,4-11,16-19H2,1-3H3. The molecule has 1 aromatic heterocycles. The highest BCUT2D eigenvalue weighted by Gasteiger charge is 2.04. The van der Waals surface area contributed by atoms with Crippen molar-refractivity contribution in [2.45, 2.75) is 78.6 Å². The molecule has 4 nitrogen and oxygen atoms in total. The van der Waals surface area contributed by atoms with Crippen LogP contribution in [0.25, 0.3) is 11.4 Å². The van der Waals surface area contributed by atoms with Gasteiger partial charge in [0.25, 0.3) is 0 Å². The van der Waals surface area contributed by atoms with Crippen LogP contribution in [0.4, 0.5) is 0 Å². The van der Waals surface area contributed by atoms with Crippen LogP contribution in [0.1, 0.15) is 77.7 Å². The molecule has 1 atom stereocenters. The van der Waals surface area contributed by atoms with Gasteiger partial charge in [-0.3, -0.25) is 0 Å². The Morgan fingerprint density at radius 1 is 0.833 bits per heavy atom. The van der Waals surface area contributed by atoms with Gasteiger partial charge in [0.2, 0.25) is 0 Å². The molecule has 166 valence electrons. The second kappa shape index (κ2) is 15.0. The van der Waals surface area contributed by atoms with Crippen LogP contribution < -0.4 is 4.74 Å². The van der Waals surface area contributed by atoms with Crippen LogP contribution in [0.3, 0.4) is 0 Å². The molecule has 0 aliphatic rings. The molecule has 0 aliphatic heterocycles. The summed E-state index contributed by atoms with van der Waals surface area (Å²) in [4.78, 5) is 9.04. The van der Waals surface area contributed by atoms with Crippen molar-refractivity contribution in [2.24, 2.45) is 5.92 Å². The second-order valence-corrected chi connectivity index (χ2v) is 8.22. The Labute approximate surface area is 183 Å². The Morgan fingerprint density at radius 3 is 2.27 bits per heavy atom. The minimum Gasteiger partial charge on any atom is -0.494 e. The Morgan fingerprint density at radius 2 is 1.57 bits per heavy atom. The molecular weight excluding hydrogens is 372 g/mol. The molecule has 1 aromatic carbocycles. The van der Waals surface area contributed by atoms with Crippen LogP contribution in [-0.2, 0) is 11.2 Å². The van der Waals surface area contributed by atoms with Gasteiger partial charge in [0.15, 0.2) is 5.82 Å². The fourth-order valence-corrected chi connectivity index (χ4v) is 3.25. The normalized spacial score (nSPS) is 12.1. The zero-order valence-corrected chi connectivity index (χ0v) is 19.2. The van der Waals surface area contributed by atoms with Crippen molar-refractivity contribution in [3.8, 4) is 17.1 Å². The summed E-state index contributed by atoms with van der Waals surface area (Å²) < 4.78 is 11.6. The average Bonchev–Trinajstić information content (AvgIpc) is 2.79. The molecular formula is C26H40N2O2. The third-order valence-electron chi connectivity index (χ3n) is 5.55. The van der Waals surface area contributed by atoms with E-state index >= 15 is 0 Å². The van der Waals surface area contributed by atoms with Crippen LogP contribution in [0, 0.1) is 5.92 Å². The second-order valence-electron chi connectivity index (χ2n) is 8.22. The van der Waals surface area contributed by atoms with Gasteiger partial charge >= 0.3 is 0 Å². The summed E-state index contributed by atoms with van der Waals surface area (Å²) in [5.41, 5.74) is 2.13. The molecule has 2 aromatic rings. The molecule has 1 heterocycles. The van der Waals surface area contributed by atoms with E-state index in [0.29, 0.717) is 0 Å². The van der Waals surface area contributed by atoms with Crippen molar-refractivity contribution in [2.75, 3.05) is 19.8 Å². The van der Waals surface area contributed by atoms with Gasteiger partial charge in [0, 0.05) is 24.6 Å². The average molecular weight is 413 g/mol. The lowest BCUT2D eigenvalue weighted by Crippen LogP contribution is -2.02. The number of unbranched alkanes of at least 4 members (excludes halogenated alkanes) is 4. The molecule has 30 heavy (non-hydrogen) atoms. The van der Waals surface area contributed by atoms with Gasteiger partial charge in [0.1, 0.15) is 5.75 Å². The molecule has 0 N–H and O–H groups in total. The Bertz CT molecular complexity index is 670. The van der Waals surface area contributed by atoms with Crippen molar-refractivity contribution in [1.82, 2.24) is 9.97 Å². The summed E-state index contributed by atoms with van der Waals surface area (Å²) in [5, 5.41) is 0. The maximum atomic E-state index is 5.86. The predicted molar refractivity (Wildman–Crippen MR) is 125 cm³/mol. The first-order chi connectivity index (χ1) is 14.7. The zero-order chi connectivity index (χ0) is 21.4. The number of nitrogens with zero attached hydrogens (tertiary/aromatic N) is 2. The highest BCUT2D eigenvalue weighted by molar-refractivity contribution is 5.55. The number of hydrogen-bond acceptors (Lipinski definition) is 4. The lowest BCUT2D eigenvalue weighted by atomic mass is 10.0. The molecule has 0 fully saturated rings. The van der Waals surface area contributed by atoms with Gasteiger partial charge in [-0.2, -0.15) is 0 Å². The van der Waals surface area contributed by atoms with E-state index < -0.39 is 0 Å². The Kier molecular flexibility index (Phi) is 12.1. The summed E-state index contributed by atoms with van der Waals surface area (Å²) in [6.07, 6.45) is 14.5. The van der Waals surface area contributed by atoms with E-state index in [1.807, 2.05) is 36.7 Å². The molecule has 0 amide bonds. The summed E-state index contributed by atoms with van der Waals surface area (Å²) in [7, 11) is 0. The summed E-state index contributed by atoms with van der Waals surface area (Å²) in [6.45, 7) is 9.16. The van der Waals surface area contributed by atoms with Gasteiger partial charge in [-0.1, -0.05) is 52.9 Å². The van der Waals surface area contributed by atoms with Gasteiger partial charge in [-0.25, -0.2) is 9.97 Å². The van der Waals surface area contributed by atoms with Crippen molar-refractivity contribution in [1.29, 1.82) is 0 Å². The molecule has 0 saturated heterocycles. The van der Waals surface area contributed by atoms with Crippen LogP contribution >= 0.6 is 0 Å². The fourth-order valence-electron chi connectivity index (χ4n) is 3.25. The summed E-state index contributed by atoms with van der Waals surface area (Å²) in [5.74, 6) is 2.48. The molecule has 0 aliphatic carbocycles. The predicted octanol–water partition coefficient (Wildman–Crippen LogP) is 6.88. The first kappa shape index (κ1) is 24.3. The van der Waals surface area contributed by atoms with E-state index in [-0.39, 0.29) is 0 Å². The van der Waals surface area contributed by atoms with E-state index in [2.05, 4.69) is 30.7 Å². The molecule has 0 radical (unpaired) electrons. The van der Waals surface area contributed by atoms with Gasteiger partial charge in [-0.05, 0) is 61.4 Å². The minimum atomic E-state index is 0.734. The number of benzene rings is 1. The van der Waals surface area contributed by atoms with Gasteiger partial charge in [-0.15, -0.1) is 0 Å². The van der Waals surface area contributed by atoms with E-state index in [1.165, 1.54) is 38.5 Å². The first-order valence-electron chi connectivity index (χ1n) is 11.8. The van der Waals surface area contributed by atoms with E-state index in [4.69, 9.17) is 9.47 Å². The monoisotopic (exact) mass is 412 g/mol. The van der Waals surface area contributed by atoms with E-state index in [1.54, 1.807) is 0 Å². The van der Waals surface area contributed by atoms with Crippen LogP contribution in [0.2, 0.25) is 0 Å². The number of aromatic nitrogens is 2.